The molecular formula is C31H41N5O. The minimum Gasteiger partial charge on any atom is -0.339 e. The van der Waals surface area contributed by atoms with Crippen LogP contribution in [0.2, 0.25) is 0 Å². The maximum absolute atomic E-state index is 13.4. The first kappa shape index (κ1) is 26.8. The van der Waals surface area contributed by atoms with Gasteiger partial charge in [0, 0.05) is 63.8 Å². The van der Waals surface area contributed by atoms with E-state index in [9.17, 15) is 4.79 Å². The number of hydrogen-bond acceptors (Lipinski definition) is 5. The number of rotatable bonds is 6. The third-order valence-electron chi connectivity index (χ3n) is 6.94. The summed E-state index contributed by atoms with van der Waals surface area (Å²) in [6, 6.07) is 19.3. The van der Waals surface area contributed by atoms with E-state index in [4.69, 9.17) is 0 Å². The van der Waals surface area contributed by atoms with Crippen LogP contribution in [0.5, 0.6) is 0 Å². The Morgan fingerprint density at radius 2 is 1.59 bits per heavy atom. The second-order valence-corrected chi connectivity index (χ2v) is 10.8. The van der Waals surface area contributed by atoms with Crippen LogP contribution in [0, 0.1) is 5.92 Å². The number of hydrogen-bond donors (Lipinski definition) is 0. The average Bonchev–Trinajstić information content (AvgIpc) is 2.92. The first-order valence-electron chi connectivity index (χ1n) is 13.6. The fraction of sp³-hybridized carbons (Fsp3) is 0.452. The zero-order chi connectivity index (χ0) is 26.2. The van der Waals surface area contributed by atoms with Gasteiger partial charge >= 0.3 is 0 Å². The van der Waals surface area contributed by atoms with Gasteiger partial charge in [0.1, 0.15) is 0 Å². The van der Waals surface area contributed by atoms with E-state index in [1.165, 1.54) is 16.7 Å². The van der Waals surface area contributed by atoms with Gasteiger partial charge in [-0.2, -0.15) is 0 Å². The van der Waals surface area contributed by atoms with E-state index < -0.39 is 0 Å². The zero-order valence-electron chi connectivity index (χ0n) is 22.8. The highest BCUT2D eigenvalue weighted by molar-refractivity contribution is 5.94. The molecule has 4 rings (SSSR count). The standard InChI is InChI=1S/C31H41N5O/c1-24(2)21-30(37)36-18-8-17-35(31-32-15-7-16-33-31)20-19-34(23-28-9-5-6-10-29(28)36)22-26-11-13-27(14-12-26)25(3)4/h5-7,9-16,24-25H,8,17-23H2,1-4H3. The normalized spacial score (nSPS) is 15.5. The first-order chi connectivity index (χ1) is 17.9. The predicted octanol–water partition coefficient (Wildman–Crippen LogP) is 5.89. The van der Waals surface area contributed by atoms with Crippen LogP contribution < -0.4 is 9.80 Å². The van der Waals surface area contributed by atoms with E-state index in [0.29, 0.717) is 24.8 Å². The molecule has 0 atom stereocenters. The summed E-state index contributed by atoms with van der Waals surface area (Å²) in [7, 11) is 0. The number of carbonyl (C=O) groups excluding carboxylic acids is 1. The van der Waals surface area contributed by atoms with Gasteiger partial charge in [-0.05, 0) is 47.1 Å². The topological polar surface area (TPSA) is 52.6 Å². The molecule has 0 bridgehead atoms. The lowest BCUT2D eigenvalue weighted by molar-refractivity contribution is -0.119. The Balaban J connectivity index is 1.65. The minimum absolute atomic E-state index is 0.194. The van der Waals surface area contributed by atoms with Gasteiger partial charge in [0.05, 0.1) is 0 Å². The van der Waals surface area contributed by atoms with Gasteiger partial charge in [-0.15, -0.1) is 0 Å². The highest BCUT2D eigenvalue weighted by atomic mass is 16.2. The summed E-state index contributed by atoms with van der Waals surface area (Å²) < 4.78 is 0. The Morgan fingerprint density at radius 3 is 2.30 bits per heavy atom. The maximum atomic E-state index is 13.4. The molecule has 196 valence electrons. The Morgan fingerprint density at radius 1 is 0.865 bits per heavy atom. The maximum Gasteiger partial charge on any atom is 0.227 e. The molecule has 37 heavy (non-hydrogen) atoms. The summed E-state index contributed by atoms with van der Waals surface area (Å²) in [6.45, 7) is 13.5. The van der Waals surface area contributed by atoms with Gasteiger partial charge in [0.15, 0.2) is 0 Å². The van der Waals surface area contributed by atoms with Crippen molar-refractivity contribution in [3.63, 3.8) is 0 Å². The Bertz CT molecular complexity index is 1130. The van der Waals surface area contributed by atoms with Crippen LogP contribution in [0.15, 0.2) is 67.0 Å². The molecule has 2 heterocycles. The third kappa shape index (κ3) is 7.39. The average molecular weight is 500 g/mol. The van der Waals surface area contributed by atoms with Gasteiger partial charge in [-0.3, -0.25) is 9.69 Å². The number of benzene rings is 2. The van der Waals surface area contributed by atoms with Crippen molar-refractivity contribution in [1.29, 1.82) is 0 Å². The van der Waals surface area contributed by atoms with Crippen LogP contribution >= 0.6 is 0 Å². The molecule has 0 spiro atoms. The smallest absolute Gasteiger partial charge is 0.227 e. The molecule has 1 aromatic heterocycles. The van der Waals surface area contributed by atoms with Crippen molar-refractivity contribution in [2.45, 2.75) is 59.5 Å². The highest BCUT2D eigenvalue weighted by Gasteiger charge is 2.23. The summed E-state index contributed by atoms with van der Waals surface area (Å²) in [4.78, 5) is 29.2. The summed E-state index contributed by atoms with van der Waals surface area (Å²) in [5, 5.41) is 0. The highest BCUT2D eigenvalue weighted by Crippen LogP contribution is 2.26. The van der Waals surface area contributed by atoms with Crippen molar-refractivity contribution in [2.24, 2.45) is 5.92 Å². The largest absolute Gasteiger partial charge is 0.339 e. The Hall–Kier alpha value is -3.25. The third-order valence-corrected chi connectivity index (χ3v) is 6.94. The van der Waals surface area contributed by atoms with Gasteiger partial charge in [0.2, 0.25) is 11.9 Å². The van der Waals surface area contributed by atoms with E-state index in [0.717, 1.165) is 50.8 Å². The van der Waals surface area contributed by atoms with E-state index >= 15 is 0 Å². The molecule has 0 fully saturated rings. The fourth-order valence-electron chi connectivity index (χ4n) is 4.92. The van der Waals surface area contributed by atoms with Crippen LogP contribution in [-0.4, -0.2) is 47.0 Å². The van der Waals surface area contributed by atoms with Crippen molar-refractivity contribution in [3.05, 3.63) is 83.7 Å². The van der Waals surface area contributed by atoms with E-state index in [2.05, 4.69) is 89.9 Å². The first-order valence-corrected chi connectivity index (χ1v) is 13.6. The van der Waals surface area contributed by atoms with E-state index in [1.54, 1.807) is 12.4 Å². The number of fused-ring (bicyclic) bond motifs is 1. The van der Waals surface area contributed by atoms with E-state index in [1.807, 2.05) is 17.0 Å². The molecule has 6 nitrogen and oxygen atoms in total. The van der Waals surface area contributed by atoms with Crippen LogP contribution in [0.1, 0.15) is 63.1 Å². The number of carbonyl (C=O) groups is 1. The van der Waals surface area contributed by atoms with Crippen LogP contribution in [0.25, 0.3) is 0 Å². The number of anilines is 2. The van der Waals surface area contributed by atoms with Crippen molar-refractivity contribution < 1.29 is 4.79 Å². The lowest BCUT2D eigenvalue weighted by Crippen LogP contribution is -2.37. The lowest BCUT2D eigenvalue weighted by Gasteiger charge is -2.28. The quantitative estimate of drug-likeness (QED) is 0.423. The Kier molecular flexibility index (Phi) is 9.29. The number of amides is 1. The van der Waals surface area contributed by atoms with E-state index in [-0.39, 0.29) is 5.91 Å². The molecular weight excluding hydrogens is 458 g/mol. The minimum atomic E-state index is 0.194. The number of para-hydroxylation sites is 1. The van der Waals surface area contributed by atoms with Gasteiger partial charge in [-0.25, -0.2) is 9.97 Å². The fourth-order valence-corrected chi connectivity index (χ4v) is 4.92. The molecule has 1 aliphatic rings. The SMILES string of the molecule is CC(C)CC(=O)N1CCCN(c2ncccn2)CCN(Cc2ccc(C(C)C)cc2)Cc2ccccc21. The molecule has 0 N–H and O–H groups in total. The molecule has 3 aromatic rings. The molecule has 1 amide bonds. The van der Waals surface area contributed by atoms with Gasteiger partial charge < -0.3 is 9.80 Å². The Labute approximate surface area is 222 Å². The van der Waals surface area contributed by atoms with Crippen LogP contribution in [0.3, 0.4) is 0 Å². The summed E-state index contributed by atoms with van der Waals surface area (Å²) in [5.41, 5.74) is 4.89. The predicted molar refractivity (Wildman–Crippen MR) is 152 cm³/mol. The van der Waals surface area contributed by atoms with Crippen LogP contribution in [-0.2, 0) is 17.9 Å². The van der Waals surface area contributed by atoms with Gasteiger partial charge in [0.25, 0.3) is 0 Å². The summed E-state index contributed by atoms with van der Waals surface area (Å²) >= 11 is 0. The second kappa shape index (κ2) is 12.8. The molecule has 6 heteroatoms. The molecule has 0 saturated heterocycles. The molecule has 0 radical (unpaired) electrons. The van der Waals surface area contributed by atoms with Gasteiger partial charge in [-0.1, -0.05) is 70.2 Å². The summed E-state index contributed by atoms with van der Waals surface area (Å²) in [5.74, 6) is 1.78. The zero-order valence-corrected chi connectivity index (χ0v) is 22.8. The van der Waals surface area contributed by atoms with Crippen molar-refractivity contribution >= 4 is 17.5 Å². The second-order valence-electron chi connectivity index (χ2n) is 10.8. The van der Waals surface area contributed by atoms with Crippen molar-refractivity contribution in [2.75, 3.05) is 36.0 Å². The van der Waals surface area contributed by atoms with Crippen molar-refractivity contribution in [3.8, 4) is 0 Å². The molecule has 0 aliphatic carbocycles. The molecule has 2 aromatic carbocycles. The van der Waals surface area contributed by atoms with Crippen molar-refractivity contribution in [1.82, 2.24) is 14.9 Å². The molecule has 1 aliphatic heterocycles. The molecule has 0 saturated carbocycles. The number of aromatic nitrogens is 2. The monoisotopic (exact) mass is 499 g/mol. The molecule has 0 unspecified atom stereocenters. The summed E-state index contributed by atoms with van der Waals surface area (Å²) in [6.07, 6.45) is 5.00. The van der Waals surface area contributed by atoms with Crippen LogP contribution in [0.4, 0.5) is 11.6 Å². The number of nitrogens with zero attached hydrogens (tertiary/aromatic N) is 5. The lowest BCUT2D eigenvalue weighted by atomic mass is 10.0.